The summed E-state index contributed by atoms with van der Waals surface area (Å²) in [5.74, 6) is 0.0588. The van der Waals surface area contributed by atoms with Gasteiger partial charge in [-0.05, 0) is 56.2 Å². The van der Waals surface area contributed by atoms with Crippen LogP contribution in [-0.2, 0) is 14.8 Å². The van der Waals surface area contributed by atoms with E-state index < -0.39 is 10.0 Å². The third-order valence-electron chi connectivity index (χ3n) is 4.87. The van der Waals surface area contributed by atoms with E-state index in [4.69, 9.17) is 39.5 Å². The molecule has 3 rings (SSSR count). The van der Waals surface area contributed by atoms with Crippen molar-refractivity contribution >= 4 is 56.4 Å². The zero-order chi connectivity index (χ0) is 21.9. The first-order valence-electron chi connectivity index (χ1n) is 9.40. The normalized spacial score (nSPS) is 15.7. The van der Waals surface area contributed by atoms with E-state index in [2.05, 4.69) is 5.32 Å². The maximum absolute atomic E-state index is 12.9. The van der Waals surface area contributed by atoms with Crippen molar-refractivity contribution in [3.8, 4) is 5.75 Å². The highest BCUT2D eigenvalue weighted by Gasteiger charge is 2.32. The Bertz CT molecular complexity index is 1020. The van der Waals surface area contributed by atoms with Gasteiger partial charge in [0.25, 0.3) is 0 Å². The van der Waals surface area contributed by atoms with Crippen LogP contribution in [0.25, 0.3) is 0 Å². The van der Waals surface area contributed by atoms with Crippen LogP contribution in [0.5, 0.6) is 5.75 Å². The van der Waals surface area contributed by atoms with E-state index in [-0.39, 0.29) is 39.9 Å². The van der Waals surface area contributed by atoms with Crippen molar-refractivity contribution in [2.45, 2.75) is 24.7 Å². The van der Waals surface area contributed by atoms with Crippen LogP contribution in [0.15, 0.2) is 41.3 Å². The monoisotopic (exact) mass is 490 g/mol. The van der Waals surface area contributed by atoms with Crippen molar-refractivity contribution < 1.29 is 17.9 Å². The molecule has 1 heterocycles. The summed E-state index contributed by atoms with van der Waals surface area (Å²) in [6, 6.07) is 9.30. The fourth-order valence-electron chi connectivity index (χ4n) is 3.24. The SMILES string of the molecule is CCOc1ccc(S(=O)(=O)N2CCC(C(=O)Nc3cc(Cl)c(Cl)cc3Cl)CC2)cc1. The summed E-state index contributed by atoms with van der Waals surface area (Å²) in [6.07, 6.45) is 0.808. The number of ether oxygens (including phenoxy) is 1. The van der Waals surface area contributed by atoms with Crippen LogP contribution >= 0.6 is 34.8 Å². The average Bonchev–Trinajstić information content (AvgIpc) is 2.72. The number of anilines is 1. The van der Waals surface area contributed by atoms with Gasteiger partial charge in [0, 0.05) is 19.0 Å². The molecule has 1 fully saturated rings. The van der Waals surface area contributed by atoms with Gasteiger partial charge in [-0.25, -0.2) is 8.42 Å². The van der Waals surface area contributed by atoms with Gasteiger partial charge in [0.1, 0.15) is 5.75 Å². The number of rotatable bonds is 6. The van der Waals surface area contributed by atoms with Crippen molar-refractivity contribution in [3.63, 3.8) is 0 Å². The number of nitrogens with one attached hydrogen (secondary N) is 1. The van der Waals surface area contributed by atoms with Gasteiger partial charge in [0.2, 0.25) is 15.9 Å². The number of hydrogen-bond acceptors (Lipinski definition) is 4. The highest BCUT2D eigenvalue weighted by atomic mass is 35.5. The van der Waals surface area contributed by atoms with Gasteiger partial charge >= 0.3 is 0 Å². The van der Waals surface area contributed by atoms with Gasteiger partial charge in [0.05, 0.1) is 32.3 Å². The van der Waals surface area contributed by atoms with Crippen molar-refractivity contribution in [2.75, 3.05) is 25.0 Å². The highest BCUT2D eigenvalue weighted by Crippen LogP contribution is 2.33. The molecule has 2 aromatic carbocycles. The maximum atomic E-state index is 12.9. The fraction of sp³-hybridized carbons (Fsp3) is 0.350. The summed E-state index contributed by atoms with van der Waals surface area (Å²) < 4.78 is 32.5. The lowest BCUT2D eigenvalue weighted by atomic mass is 9.97. The first kappa shape index (κ1) is 23.2. The highest BCUT2D eigenvalue weighted by molar-refractivity contribution is 7.89. The molecule has 0 spiro atoms. The molecule has 1 aliphatic rings. The van der Waals surface area contributed by atoms with E-state index in [9.17, 15) is 13.2 Å². The number of sulfonamides is 1. The fourth-order valence-corrected chi connectivity index (χ4v) is 5.30. The second-order valence-corrected chi connectivity index (χ2v) is 9.98. The molecule has 1 N–H and O–H groups in total. The van der Waals surface area contributed by atoms with Crippen LogP contribution in [0.1, 0.15) is 19.8 Å². The molecule has 0 unspecified atom stereocenters. The number of halogens is 3. The Morgan fingerprint density at radius 1 is 1.07 bits per heavy atom. The Morgan fingerprint density at radius 3 is 2.27 bits per heavy atom. The summed E-state index contributed by atoms with van der Waals surface area (Å²) in [6.45, 7) is 2.88. The van der Waals surface area contributed by atoms with E-state index in [1.54, 1.807) is 12.1 Å². The molecule has 1 aliphatic heterocycles. The second kappa shape index (κ2) is 9.75. The number of carbonyl (C=O) groups is 1. The summed E-state index contributed by atoms with van der Waals surface area (Å²) in [5, 5.41) is 3.62. The Balaban J connectivity index is 1.62. The van der Waals surface area contributed by atoms with Crippen LogP contribution in [-0.4, -0.2) is 38.3 Å². The lowest BCUT2D eigenvalue weighted by Gasteiger charge is -2.30. The van der Waals surface area contributed by atoms with Gasteiger partial charge < -0.3 is 10.1 Å². The minimum Gasteiger partial charge on any atom is -0.494 e. The Hall–Kier alpha value is -1.51. The molecular weight excluding hydrogens is 471 g/mol. The molecule has 2 aromatic rings. The third-order valence-corrected chi connectivity index (χ3v) is 7.81. The summed E-state index contributed by atoms with van der Waals surface area (Å²) in [4.78, 5) is 12.8. The van der Waals surface area contributed by atoms with Crippen molar-refractivity contribution in [1.82, 2.24) is 4.31 Å². The Morgan fingerprint density at radius 2 is 1.67 bits per heavy atom. The molecule has 0 aliphatic carbocycles. The molecule has 1 amide bonds. The number of hydrogen-bond donors (Lipinski definition) is 1. The Kier molecular flexibility index (Phi) is 7.52. The first-order chi connectivity index (χ1) is 14.2. The number of carbonyl (C=O) groups excluding carboxylic acids is 1. The van der Waals surface area contributed by atoms with Gasteiger partial charge in [0.15, 0.2) is 0 Å². The predicted molar refractivity (Wildman–Crippen MR) is 119 cm³/mol. The average molecular weight is 492 g/mol. The van der Waals surface area contributed by atoms with Gasteiger partial charge in [-0.1, -0.05) is 34.8 Å². The number of amides is 1. The topological polar surface area (TPSA) is 75.7 Å². The van der Waals surface area contributed by atoms with Gasteiger partial charge in [-0.15, -0.1) is 0 Å². The lowest BCUT2D eigenvalue weighted by Crippen LogP contribution is -2.41. The molecule has 10 heteroatoms. The molecule has 0 bridgehead atoms. The minimum atomic E-state index is -3.63. The minimum absolute atomic E-state index is 0.205. The van der Waals surface area contributed by atoms with E-state index in [1.807, 2.05) is 6.92 Å². The number of nitrogens with zero attached hydrogens (tertiary/aromatic N) is 1. The van der Waals surface area contributed by atoms with Crippen molar-refractivity contribution in [1.29, 1.82) is 0 Å². The number of benzene rings is 2. The van der Waals surface area contributed by atoms with E-state index in [1.165, 1.54) is 28.6 Å². The maximum Gasteiger partial charge on any atom is 0.243 e. The van der Waals surface area contributed by atoms with Crippen molar-refractivity contribution in [2.24, 2.45) is 5.92 Å². The Labute approximate surface area is 191 Å². The predicted octanol–water partition coefficient (Wildman–Crippen LogP) is 5.08. The zero-order valence-electron chi connectivity index (χ0n) is 16.2. The van der Waals surface area contributed by atoms with E-state index >= 15 is 0 Å². The lowest BCUT2D eigenvalue weighted by molar-refractivity contribution is -0.120. The van der Waals surface area contributed by atoms with Crippen LogP contribution in [0.2, 0.25) is 15.1 Å². The van der Waals surface area contributed by atoms with Crippen LogP contribution < -0.4 is 10.1 Å². The molecule has 0 saturated carbocycles. The summed E-state index contributed by atoms with van der Waals surface area (Å²) >= 11 is 18.0. The smallest absolute Gasteiger partial charge is 0.243 e. The van der Waals surface area contributed by atoms with Gasteiger partial charge in [-0.2, -0.15) is 4.31 Å². The second-order valence-electron chi connectivity index (χ2n) is 6.82. The molecule has 30 heavy (non-hydrogen) atoms. The third kappa shape index (κ3) is 5.21. The number of piperidine rings is 1. The summed E-state index contributed by atoms with van der Waals surface area (Å²) in [7, 11) is -3.63. The van der Waals surface area contributed by atoms with Gasteiger partial charge in [-0.3, -0.25) is 4.79 Å². The standard InChI is InChI=1S/C20H21Cl3N2O4S/c1-2-29-14-3-5-15(6-4-14)30(27,28)25-9-7-13(8-10-25)20(26)24-19-12-17(22)16(21)11-18(19)23/h3-6,11-13H,2,7-10H2,1H3,(H,24,26). The van der Waals surface area contributed by atoms with Crippen molar-refractivity contribution in [3.05, 3.63) is 51.5 Å². The molecular formula is C20H21Cl3N2O4S. The largest absolute Gasteiger partial charge is 0.494 e. The van der Waals surface area contributed by atoms with E-state index in [0.717, 1.165) is 0 Å². The molecule has 0 atom stereocenters. The van der Waals surface area contributed by atoms with Crippen LogP contribution in [0.3, 0.4) is 0 Å². The molecule has 0 aromatic heterocycles. The molecule has 6 nitrogen and oxygen atoms in total. The molecule has 1 saturated heterocycles. The van der Waals surface area contributed by atoms with Crippen LogP contribution in [0.4, 0.5) is 5.69 Å². The summed E-state index contributed by atoms with van der Waals surface area (Å²) in [5.41, 5.74) is 0.375. The zero-order valence-corrected chi connectivity index (χ0v) is 19.3. The van der Waals surface area contributed by atoms with Crippen LogP contribution in [0, 0.1) is 5.92 Å². The molecule has 162 valence electrons. The quantitative estimate of drug-likeness (QED) is 0.571. The molecule has 0 radical (unpaired) electrons. The first-order valence-corrected chi connectivity index (χ1v) is 12.0. The van der Waals surface area contributed by atoms with E-state index in [0.29, 0.717) is 35.9 Å².